The van der Waals surface area contributed by atoms with Gasteiger partial charge in [-0.1, -0.05) is 5.16 Å². The maximum Gasteiger partial charge on any atom is 0.275 e. The zero-order chi connectivity index (χ0) is 12.7. The van der Waals surface area contributed by atoms with Crippen molar-refractivity contribution in [3.8, 4) is 0 Å². The molecule has 18 heavy (non-hydrogen) atoms. The van der Waals surface area contributed by atoms with Gasteiger partial charge in [0.25, 0.3) is 5.91 Å². The van der Waals surface area contributed by atoms with Crippen LogP contribution >= 0.6 is 0 Å². The highest BCUT2D eigenvalue weighted by molar-refractivity contribution is 5.93. The quantitative estimate of drug-likeness (QED) is 0.817. The van der Waals surface area contributed by atoms with Crippen LogP contribution in [0.5, 0.6) is 0 Å². The number of carbonyl (C=O) groups excluding carboxylic acids is 1. The first-order valence-electron chi connectivity index (χ1n) is 6.41. The van der Waals surface area contributed by atoms with E-state index in [0.29, 0.717) is 17.5 Å². The Balaban J connectivity index is 1.73. The second kappa shape index (κ2) is 4.35. The lowest BCUT2D eigenvalue weighted by molar-refractivity contribution is 0.0851. The van der Waals surface area contributed by atoms with Gasteiger partial charge in [0.2, 0.25) is 0 Å². The summed E-state index contributed by atoms with van der Waals surface area (Å²) in [5.41, 5.74) is 0.741. The van der Waals surface area contributed by atoms with Crippen molar-refractivity contribution in [1.29, 1.82) is 0 Å². The summed E-state index contributed by atoms with van der Waals surface area (Å²) in [6, 6.07) is 0.0670. The highest BCUT2D eigenvalue weighted by atomic mass is 16.6. The molecule has 6 heteroatoms. The van der Waals surface area contributed by atoms with Crippen LogP contribution in [0.25, 0.3) is 0 Å². The van der Waals surface area contributed by atoms with Crippen molar-refractivity contribution >= 4 is 5.91 Å². The highest BCUT2D eigenvalue weighted by Crippen LogP contribution is 2.48. The van der Waals surface area contributed by atoms with Gasteiger partial charge in [-0.15, -0.1) is 0 Å². The second-order valence-electron chi connectivity index (χ2n) is 5.38. The molecule has 0 radical (unpaired) electrons. The van der Waals surface area contributed by atoms with E-state index in [-0.39, 0.29) is 30.2 Å². The summed E-state index contributed by atoms with van der Waals surface area (Å²) >= 11 is 0. The molecule has 0 aromatic carbocycles. The Kier molecular flexibility index (Phi) is 2.81. The number of aryl methyl sites for hydroxylation is 1. The van der Waals surface area contributed by atoms with Gasteiger partial charge in [0.05, 0.1) is 0 Å². The first-order valence-corrected chi connectivity index (χ1v) is 6.41. The normalized spacial score (nSPS) is 33.9. The fourth-order valence-electron chi connectivity index (χ4n) is 3.56. The van der Waals surface area contributed by atoms with Crippen LogP contribution in [0.1, 0.15) is 35.4 Å². The minimum absolute atomic E-state index is 0.0670. The highest BCUT2D eigenvalue weighted by Gasteiger charge is 2.47. The zero-order valence-electron chi connectivity index (χ0n) is 10.3. The maximum atomic E-state index is 12.1. The third-order valence-corrected chi connectivity index (χ3v) is 4.46. The van der Waals surface area contributed by atoms with E-state index < -0.39 is 0 Å². The molecule has 2 fully saturated rings. The average molecular weight is 251 g/mol. The van der Waals surface area contributed by atoms with E-state index in [2.05, 4.69) is 20.3 Å². The van der Waals surface area contributed by atoms with Gasteiger partial charge >= 0.3 is 0 Å². The van der Waals surface area contributed by atoms with E-state index in [4.69, 9.17) is 0 Å². The van der Waals surface area contributed by atoms with Gasteiger partial charge in [-0.3, -0.25) is 4.79 Å². The molecule has 4 atom stereocenters. The van der Waals surface area contributed by atoms with Crippen molar-refractivity contribution in [2.45, 2.75) is 32.2 Å². The smallest absolute Gasteiger partial charge is 0.275 e. The topological polar surface area (TPSA) is 88.2 Å². The van der Waals surface area contributed by atoms with Crippen LogP contribution in [0.15, 0.2) is 4.63 Å². The van der Waals surface area contributed by atoms with E-state index >= 15 is 0 Å². The third-order valence-electron chi connectivity index (χ3n) is 4.46. The van der Waals surface area contributed by atoms with Crippen molar-refractivity contribution in [2.24, 2.45) is 17.8 Å². The Labute approximate surface area is 105 Å². The monoisotopic (exact) mass is 251 g/mol. The molecule has 2 aliphatic rings. The van der Waals surface area contributed by atoms with Gasteiger partial charge in [-0.25, -0.2) is 4.63 Å². The number of amides is 1. The van der Waals surface area contributed by atoms with Gasteiger partial charge in [-0.2, -0.15) is 0 Å². The molecule has 2 saturated carbocycles. The number of fused-ring (bicyclic) bond motifs is 2. The molecule has 1 aromatic heterocycles. The Hall–Kier alpha value is -1.43. The van der Waals surface area contributed by atoms with E-state index in [9.17, 15) is 9.90 Å². The largest absolute Gasteiger partial charge is 0.396 e. The van der Waals surface area contributed by atoms with Crippen LogP contribution in [0.4, 0.5) is 0 Å². The number of aliphatic hydroxyl groups excluding tert-OH is 1. The molecule has 4 unspecified atom stereocenters. The summed E-state index contributed by atoms with van der Waals surface area (Å²) in [6.07, 6.45) is 3.43. The Morgan fingerprint density at radius 1 is 1.44 bits per heavy atom. The summed E-state index contributed by atoms with van der Waals surface area (Å²) < 4.78 is 4.54. The molecule has 2 bridgehead atoms. The lowest BCUT2D eigenvalue weighted by Crippen LogP contribution is -2.45. The van der Waals surface area contributed by atoms with Gasteiger partial charge in [0, 0.05) is 18.6 Å². The Morgan fingerprint density at radius 3 is 2.89 bits per heavy atom. The van der Waals surface area contributed by atoms with Crippen LogP contribution in [0, 0.1) is 24.7 Å². The van der Waals surface area contributed by atoms with Crippen LogP contribution < -0.4 is 5.32 Å². The number of carbonyl (C=O) groups is 1. The lowest BCUT2D eigenvalue weighted by Gasteiger charge is -2.30. The van der Waals surface area contributed by atoms with Crippen LogP contribution in [0.2, 0.25) is 0 Å². The summed E-state index contributed by atoms with van der Waals surface area (Å²) in [5, 5.41) is 19.7. The molecule has 1 aromatic rings. The van der Waals surface area contributed by atoms with Gasteiger partial charge in [0.1, 0.15) is 5.69 Å². The number of rotatable bonds is 3. The first-order chi connectivity index (χ1) is 8.70. The molecule has 0 aliphatic heterocycles. The van der Waals surface area contributed by atoms with Crippen LogP contribution in [0.3, 0.4) is 0 Å². The SMILES string of the molecule is Cc1nonc1C(=O)NC1C2CCC(C2)C1CO. The first kappa shape index (κ1) is 11.6. The molecule has 3 rings (SSSR count). The lowest BCUT2D eigenvalue weighted by atomic mass is 9.85. The predicted molar refractivity (Wildman–Crippen MR) is 61.7 cm³/mol. The van der Waals surface area contributed by atoms with Crippen LogP contribution in [-0.2, 0) is 0 Å². The summed E-state index contributed by atoms with van der Waals surface area (Å²) in [5.74, 6) is 0.996. The molecular formula is C12H17N3O3. The molecule has 2 N–H and O–H groups in total. The van der Waals surface area contributed by atoms with Crippen LogP contribution in [-0.4, -0.2) is 34.0 Å². The van der Waals surface area contributed by atoms with Gasteiger partial charge < -0.3 is 10.4 Å². The standard InChI is InChI=1S/C12H17N3O3/c1-6-10(15-18-14-6)12(17)13-11-8-3-2-7(4-8)9(11)5-16/h7-9,11,16H,2-5H2,1H3,(H,13,17). The minimum atomic E-state index is -0.246. The van der Waals surface area contributed by atoms with Gasteiger partial charge in [0.15, 0.2) is 5.69 Å². The number of hydrogen-bond donors (Lipinski definition) is 2. The van der Waals surface area contributed by atoms with Crippen molar-refractivity contribution in [2.75, 3.05) is 6.61 Å². The average Bonchev–Trinajstić information content (AvgIpc) is 3.03. The zero-order valence-corrected chi connectivity index (χ0v) is 10.3. The number of hydrogen-bond acceptors (Lipinski definition) is 5. The van der Waals surface area contributed by atoms with E-state index in [1.807, 2.05) is 0 Å². The van der Waals surface area contributed by atoms with E-state index in [1.165, 1.54) is 6.42 Å². The van der Waals surface area contributed by atoms with Gasteiger partial charge in [-0.05, 0) is 43.2 Å². The number of aromatic nitrogens is 2. The molecular weight excluding hydrogens is 234 g/mol. The fraction of sp³-hybridized carbons (Fsp3) is 0.750. The molecule has 1 amide bonds. The van der Waals surface area contributed by atoms with Crippen molar-refractivity contribution in [3.05, 3.63) is 11.4 Å². The molecule has 0 spiro atoms. The number of aliphatic hydroxyl groups is 1. The maximum absolute atomic E-state index is 12.1. The third kappa shape index (κ3) is 1.71. The van der Waals surface area contributed by atoms with Crippen molar-refractivity contribution in [1.82, 2.24) is 15.6 Å². The summed E-state index contributed by atoms with van der Waals surface area (Å²) in [4.78, 5) is 12.1. The predicted octanol–water partition coefficient (Wildman–Crippen LogP) is 0.515. The number of nitrogens with one attached hydrogen (secondary N) is 1. The molecule has 2 aliphatic carbocycles. The molecule has 1 heterocycles. The minimum Gasteiger partial charge on any atom is -0.396 e. The molecule has 0 saturated heterocycles. The molecule has 6 nitrogen and oxygen atoms in total. The van der Waals surface area contributed by atoms with Crippen molar-refractivity contribution in [3.63, 3.8) is 0 Å². The Morgan fingerprint density at radius 2 is 2.22 bits per heavy atom. The molecule has 98 valence electrons. The summed E-state index contributed by atoms with van der Waals surface area (Å²) in [6.45, 7) is 1.83. The Bertz CT molecular complexity index is 459. The second-order valence-corrected chi connectivity index (χ2v) is 5.38. The summed E-state index contributed by atoms with van der Waals surface area (Å²) in [7, 11) is 0. The van der Waals surface area contributed by atoms with E-state index in [0.717, 1.165) is 12.8 Å². The van der Waals surface area contributed by atoms with Crippen molar-refractivity contribution < 1.29 is 14.5 Å². The fourth-order valence-corrected chi connectivity index (χ4v) is 3.56. The van der Waals surface area contributed by atoms with E-state index in [1.54, 1.807) is 6.92 Å². The number of nitrogens with zero attached hydrogens (tertiary/aromatic N) is 2.